The number of hydrogen-bond donors (Lipinski definition) is 3. The number of hydrogen-bond acceptors (Lipinski definition) is 7. The molecule has 35 heavy (non-hydrogen) atoms. The Kier molecular flexibility index (Phi) is 7.40. The Morgan fingerprint density at radius 3 is 1.89 bits per heavy atom. The van der Waals surface area contributed by atoms with E-state index in [1.165, 1.54) is 12.1 Å². The second-order valence-electron chi connectivity index (χ2n) is 9.75. The van der Waals surface area contributed by atoms with Gasteiger partial charge >= 0.3 is 0 Å². The summed E-state index contributed by atoms with van der Waals surface area (Å²) in [6.45, 7) is 0. The van der Waals surface area contributed by atoms with Crippen molar-refractivity contribution in [3.63, 3.8) is 0 Å². The van der Waals surface area contributed by atoms with Crippen LogP contribution >= 0.6 is 0 Å². The Hall–Kier alpha value is -2.62. The van der Waals surface area contributed by atoms with Gasteiger partial charge in [-0.3, -0.25) is 10.0 Å². The molecule has 0 saturated heterocycles. The number of ether oxygens (including phenoxy) is 2. The third-order valence-corrected chi connectivity index (χ3v) is 10.5. The van der Waals surface area contributed by atoms with Gasteiger partial charge in [0.2, 0.25) is 0 Å². The van der Waals surface area contributed by atoms with E-state index in [9.17, 15) is 18.4 Å². The topological polar surface area (TPSA) is 114 Å². The van der Waals surface area contributed by atoms with Crippen molar-refractivity contribution in [1.29, 1.82) is 0 Å². The van der Waals surface area contributed by atoms with Gasteiger partial charge in [-0.15, -0.1) is 0 Å². The van der Waals surface area contributed by atoms with Crippen molar-refractivity contribution < 1.29 is 27.9 Å². The number of benzene rings is 2. The van der Waals surface area contributed by atoms with E-state index < -0.39 is 20.5 Å². The predicted octanol–water partition coefficient (Wildman–Crippen LogP) is 4.23. The fourth-order valence-electron chi connectivity index (χ4n) is 5.62. The van der Waals surface area contributed by atoms with Crippen LogP contribution in [0.25, 0.3) is 0 Å². The standard InChI is InChI=1S/C26H34N2O6S/c1-27-19-11-13-25(14-12-19)15-17-26(18-16-25,24(29)28-30)35(31,32)23-9-7-22(8-10-23)34-21-5-3-20(33-2)4-6-21/h3-10,19,27,30H,11-18H2,1-2H3,(H,28,29). The van der Waals surface area contributed by atoms with Gasteiger partial charge in [0.05, 0.1) is 12.0 Å². The highest BCUT2D eigenvalue weighted by molar-refractivity contribution is 7.93. The van der Waals surface area contributed by atoms with Crippen molar-refractivity contribution in [3.8, 4) is 17.2 Å². The van der Waals surface area contributed by atoms with Crippen LogP contribution in [-0.4, -0.2) is 44.5 Å². The molecule has 2 aliphatic carbocycles. The van der Waals surface area contributed by atoms with Gasteiger partial charge in [-0.2, -0.15) is 0 Å². The van der Waals surface area contributed by atoms with Crippen LogP contribution < -0.4 is 20.3 Å². The summed E-state index contributed by atoms with van der Waals surface area (Å²) in [7, 11) is -0.506. The Labute approximate surface area is 206 Å². The molecule has 0 aliphatic heterocycles. The average molecular weight is 503 g/mol. The minimum Gasteiger partial charge on any atom is -0.497 e. The van der Waals surface area contributed by atoms with Crippen LogP contribution in [0, 0.1) is 5.41 Å². The number of nitrogens with one attached hydrogen (secondary N) is 2. The monoisotopic (exact) mass is 502 g/mol. The molecule has 3 N–H and O–H groups in total. The lowest BCUT2D eigenvalue weighted by molar-refractivity contribution is -0.133. The highest BCUT2D eigenvalue weighted by Gasteiger charge is 2.56. The van der Waals surface area contributed by atoms with Crippen molar-refractivity contribution >= 4 is 15.7 Å². The molecule has 4 rings (SSSR count). The zero-order valence-electron chi connectivity index (χ0n) is 20.2. The maximum absolute atomic E-state index is 13.8. The van der Waals surface area contributed by atoms with Crippen LogP contribution in [0.15, 0.2) is 53.4 Å². The molecule has 2 aliphatic rings. The lowest BCUT2D eigenvalue weighted by Crippen LogP contribution is -2.55. The third kappa shape index (κ3) is 4.90. The van der Waals surface area contributed by atoms with Gasteiger partial charge < -0.3 is 14.8 Å². The van der Waals surface area contributed by atoms with Crippen molar-refractivity contribution in [2.24, 2.45) is 5.41 Å². The maximum atomic E-state index is 13.8. The van der Waals surface area contributed by atoms with Crippen molar-refractivity contribution in [3.05, 3.63) is 48.5 Å². The molecule has 2 fully saturated rings. The predicted molar refractivity (Wildman–Crippen MR) is 132 cm³/mol. The van der Waals surface area contributed by atoms with Gasteiger partial charge in [-0.25, -0.2) is 13.9 Å². The smallest absolute Gasteiger partial charge is 0.265 e. The summed E-state index contributed by atoms with van der Waals surface area (Å²) in [5, 5.41) is 12.8. The Morgan fingerprint density at radius 1 is 0.886 bits per heavy atom. The molecular formula is C26H34N2O6S. The first-order chi connectivity index (χ1) is 16.8. The molecule has 1 spiro atoms. The molecule has 0 bridgehead atoms. The summed E-state index contributed by atoms with van der Waals surface area (Å²) in [5.74, 6) is 0.909. The van der Waals surface area contributed by atoms with Gasteiger partial charge in [0.1, 0.15) is 17.2 Å². The first-order valence-corrected chi connectivity index (χ1v) is 13.5. The molecular weight excluding hydrogens is 468 g/mol. The third-order valence-electron chi connectivity index (χ3n) is 8.03. The summed E-state index contributed by atoms with van der Waals surface area (Å²) in [4.78, 5) is 12.9. The van der Waals surface area contributed by atoms with E-state index in [1.54, 1.807) is 49.0 Å². The summed E-state index contributed by atoms with van der Waals surface area (Å²) in [5.41, 5.74) is 1.72. The highest BCUT2D eigenvalue weighted by Crippen LogP contribution is 2.53. The largest absolute Gasteiger partial charge is 0.497 e. The molecule has 0 radical (unpaired) electrons. The lowest BCUT2D eigenvalue weighted by atomic mass is 9.62. The number of carbonyl (C=O) groups excluding carboxylic acids is 1. The molecule has 8 nitrogen and oxygen atoms in total. The van der Waals surface area contributed by atoms with Gasteiger partial charge in [0.25, 0.3) is 5.91 Å². The van der Waals surface area contributed by atoms with Crippen molar-refractivity contribution in [1.82, 2.24) is 10.8 Å². The fraction of sp³-hybridized carbons (Fsp3) is 0.500. The van der Waals surface area contributed by atoms with Crippen molar-refractivity contribution in [2.75, 3.05) is 14.2 Å². The Balaban J connectivity index is 1.53. The van der Waals surface area contributed by atoms with Crippen LogP contribution in [0.4, 0.5) is 0 Å². The van der Waals surface area contributed by atoms with E-state index in [0.29, 0.717) is 36.1 Å². The van der Waals surface area contributed by atoms with Crippen LogP contribution in [0.5, 0.6) is 17.2 Å². The molecule has 2 aromatic rings. The van der Waals surface area contributed by atoms with Crippen LogP contribution in [0.1, 0.15) is 51.4 Å². The normalized spacial score (nSPS) is 26.8. The molecule has 2 aromatic carbocycles. The summed E-state index contributed by atoms with van der Waals surface area (Å²) >= 11 is 0. The zero-order valence-corrected chi connectivity index (χ0v) is 21.1. The number of methoxy groups -OCH3 is 1. The molecule has 0 unspecified atom stereocenters. The number of sulfone groups is 1. The minimum absolute atomic E-state index is 0.0398. The van der Waals surface area contributed by atoms with Crippen LogP contribution in [0.2, 0.25) is 0 Å². The second kappa shape index (κ2) is 10.2. The molecule has 0 heterocycles. The van der Waals surface area contributed by atoms with E-state index in [1.807, 2.05) is 7.05 Å². The molecule has 2 saturated carbocycles. The summed E-state index contributed by atoms with van der Waals surface area (Å²) in [6.07, 6.45) is 5.82. The Morgan fingerprint density at radius 2 is 1.40 bits per heavy atom. The van der Waals surface area contributed by atoms with E-state index in [0.717, 1.165) is 25.7 Å². The molecule has 0 aromatic heterocycles. The minimum atomic E-state index is -4.06. The van der Waals surface area contributed by atoms with Gasteiger partial charge in [-0.05, 0) is 112 Å². The van der Waals surface area contributed by atoms with E-state index >= 15 is 0 Å². The molecule has 9 heteroatoms. The lowest BCUT2D eigenvalue weighted by Gasteiger charge is -2.48. The zero-order chi connectivity index (χ0) is 25.1. The fourth-order valence-corrected chi connectivity index (χ4v) is 7.59. The van der Waals surface area contributed by atoms with Gasteiger partial charge in [-0.1, -0.05) is 0 Å². The van der Waals surface area contributed by atoms with E-state index in [2.05, 4.69) is 5.32 Å². The summed E-state index contributed by atoms with van der Waals surface area (Å²) < 4.78 is 36.8. The van der Waals surface area contributed by atoms with Crippen LogP contribution in [-0.2, 0) is 14.6 Å². The van der Waals surface area contributed by atoms with Crippen LogP contribution in [0.3, 0.4) is 0 Å². The number of rotatable bonds is 7. The van der Waals surface area contributed by atoms with E-state index in [-0.39, 0.29) is 23.2 Å². The first kappa shape index (κ1) is 25.5. The maximum Gasteiger partial charge on any atom is 0.265 e. The van der Waals surface area contributed by atoms with Gasteiger partial charge in [0.15, 0.2) is 14.6 Å². The molecule has 0 atom stereocenters. The van der Waals surface area contributed by atoms with Gasteiger partial charge in [0, 0.05) is 6.04 Å². The van der Waals surface area contributed by atoms with Crippen molar-refractivity contribution in [2.45, 2.75) is 67.1 Å². The summed E-state index contributed by atoms with van der Waals surface area (Å²) in [6, 6.07) is 13.6. The number of hydroxylamine groups is 1. The quantitative estimate of drug-likeness (QED) is 0.384. The highest BCUT2D eigenvalue weighted by atomic mass is 32.2. The Bertz CT molecular complexity index is 1110. The number of amides is 1. The molecule has 190 valence electrons. The SMILES string of the molecule is CNC1CCC2(CC1)CCC(C(=O)NO)(S(=O)(=O)c1ccc(Oc3ccc(OC)cc3)cc1)CC2. The molecule has 1 amide bonds. The second-order valence-corrected chi connectivity index (χ2v) is 12.0. The first-order valence-electron chi connectivity index (χ1n) is 12.1. The van der Waals surface area contributed by atoms with E-state index in [4.69, 9.17) is 9.47 Å². The number of carbonyl (C=O) groups is 1. The average Bonchev–Trinajstić information content (AvgIpc) is 2.90.